The molecule has 1 aliphatic heterocycles. The molecule has 1 amide bonds. The van der Waals surface area contributed by atoms with Crippen LogP contribution < -0.4 is 5.32 Å². The van der Waals surface area contributed by atoms with Crippen LogP contribution in [0.25, 0.3) is 0 Å². The number of piperidine rings is 1. The van der Waals surface area contributed by atoms with E-state index >= 15 is 0 Å². The first-order valence-corrected chi connectivity index (χ1v) is 7.63. The van der Waals surface area contributed by atoms with E-state index in [1.54, 1.807) is 0 Å². The Morgan fingerprint density at radius 1 is 1.40 bits per heavy atom. The molecule has 0 radical (unpaired) electrons. The zero-order valence-electron chi connectivity index (χ0n) is 12.7. The van der Waals surface area contributed by atoms with Crippen molar-refractivity contribution in [3.8, 4) is 0 Å². The van der Waals surface area contributed by atoms with Gasteiger partial charge in [0.15, 0.2) is 0 Å². The number of carbonyl (C=O) groups is 1. The molecular weight excluding hydrogens is 250 g/mol. The molecule has 2 heterocycles. The summed E-state index contributed by atoms with van der Waals surface area (Å²) in [6, 6.07) is 5.93. The molecule has 20 heavy (non-hydrogen) atoms. The zero-order chi connectivity index (χ0) is 14.5. The molecule has 4 nitrogen and oxygen atoms in total. The van der Waals surface area contributed by atoms with E-state index in [0.29, 0.717) is 17.7 Å². The van der Waals surface area contributed by atoms with Gasteiger partial charge in [0.1, 0.15) is 11.5 Å². The summed E-state index contributed by atoms with van der Waals surface area (Å²) >= 11 is 0. The van der Waals surface area contributed by atoms with Crippen LogP contribution in [-0.4, -0.2) is 34.9 Å². The van der Waals surface area contributed by atoms with Crippen LogP contribution in [0.4, 0.5) is 5.82 Å². The third-order valence-electron chi connectivity index (χ3n) is 3.90. The van der Waals surface area contributed by atoms with Crippen molar-refractivity contribution < 1.29 is 4.79 Å². The van der Waals surface area contributed by atoms with Gasteiger partial charge in [0.25, 0.3) is 5.91 Å². The van der Waals surface area contributed by atoms with Gasteiger partial charge in [-0.2, -0.15) is 0 Å². The molecule has 0 aromatic carbocycles. The second-order valence-electron chi connectivity index (χ2n) is 5.82. The molecule has 110 valence electrons. The summed E-state index contributed by atoms with van der Waals surface area (Å²) < 4.78 is 0. The molecular formula is C16H25N3O. The van der Waals surface area contributed by atoms with Crippen molar-refractivity contribution in [1.29, 1.82) is 0 Å². The highest BCUT2D eigenvalue weighted by atomic mass is 16.2. The lowest BCUT2D eigenvalue weighted by Crippen LogP contribution is -2.45. The molecule has 0 spiro atoms. The van der Waals surface area contributed by atoms with Crippen LogP contribution in [0, 0.1) is 5.92 Å². The van der Waals surface area contributed by atoms with E-state index in [9.17, 15) is 4.79 Å². The van der Waals surface area contributed by atoms with E-state index in [4.69, 9.17) is 0 Å². The van der Waals surface area contributed by atoms with Gasteiger partial charge in [-0.15, -0.1) is 0 Å². The van der Waals surface area contributed by atoms with Crippen LogP contribution in [0.1, 0.15) is 50.5 Å². The third-order valence-corrected chi connectivity index (χ3v) is 3.90. The van der Waals surface area contributed by atoms with E-state index in [-0.39, 0.29) is 5.91 Å². The number of likely N-dealkylation sites (tertiary alicyclic amines) is 1. The Morgan fingerprint density at radius 3 is 2.95 bits per heavy atom. The van der Waals surface area contributed by atoms with Gasteiger partial charge >= 0.3 is 0 Å². The lowest BCUT2D eigenvalue weighted by atomic mass is 9.95. The number of hydrogen-bond acceptors (Lipinski definition) is 3. The maximum atomic E-state index is 12.6. The maximum Gasteiger partial charge on any atom is 0.272 e. The Hall–Kier alpha value is -1.58. The predicted molar refractivity (Wildman–Crippen MR) is 81.9 cm³/mol. The number of amides is 1. The smallest absolute Gasteiger partial charge is 0.272 e. The first kappa shape index (κ1) is 14.8. The molecule has 1 aliphatic rings. The van der Waals surface area contributed by atoms with Gasteiger partial charge in [-0.05, 0) is 44.2 Å². The van der Waals surface area contributed by atoms with Crippen molar-refractivity contribution in [3.63, 3.8) is 0 Å². The van der Waals surface area contributed by atoms with Crippen molar-refractivity contribution in [2.45, 2.75) is 46.1 Å². The number of anilines is 1. The average molecular weight is 275 g/mol. The van der Waals surface area contributed by atoms with Crippen LogP contribution in [0.15, 0.2) is 18.2 Å². The number of hydrogen-bond donors (Lipinski definition) is 1. The highest BCUT2D eigenvalue weighted by molar-refractivity contribution is 5.93. The van der Waals surface area contributed by atoms with Crippen LogP contribution in [-0.2, 0) is 0 Å². The Balaban J connectivity index is 2.11. The SMILES string of the molecule is CCCNc1cccc(C(=O)N2CC(C)CCC2C)n1. The van der Waals surface area contributed by atoms with Gasteiger partial charge in [0.2, 0.25) is 0 Å². The Kier molecular flexibility index (Phi) is 4.99. The standard InChI is InChI=1S/C16H25N3O/c1-4-10-17-15-7-5-6-14(18-15)16(20)19-11-12(2)8-9-13(19)3/h5-7,12-13H,4,8-11H2,1-3H3,(H,17,18). The fourth-order valence-corrected chi connectivity index (χ4v) is 2.62. The van der Waals surface area contributed by atoms with Crippen molar-refractivity contribution in [2.75, 3.05) is 18.4 Å². The summed E-state index contributed by atoms with van der Waals surface area (Å²) in [6.07, 6.45) is 3.33. The molecule has 2 unspecified atom stereocenters. The minimum Gasteiger partial charge on any atom is -0.370 e. The normalized spacial score (nSPS) is 22.6. The minimum atomic E-state index is 0.0594. The number of rotatable bonds is 4. The van der Waals surface area contributed by atoms with E-state index < -0.39 is 0 Å². The second kappa shape index (κ2) is 6.73. The van der Waals surface area contributed by atoms with Crippen LogP contribution in [0.5, 0.6) is 0 Å². The number of carbonyl (C=O) groups excluding carboxylic acids is 1. The number of aromatic nitrogens is 1. The van der Waals surface area contributed by atoms with Crippen molar-refractivity contribution >= 4 is 11.7 Å². The minimum absolute atomic E-state index is 0.0594. The lowest BCUT2D eigenvalue weighted by molar-refractivity contribution is 0.0568. The van der Waals surface area contributed by atoms with Gasteiger partial charge in [-0.1, -0.05) is 19.9 Å². The Morgan fingerprint density at radius 2 is 2.20 bits per heavy atom. The van der Waals surface area contributed by atoms with Crippen LogP contribution in [0.2, 0.25) is 0 Å². The summed E-state index contributed by atoms with van der Waals surface area (Å²) in [4.78, 5) is 19.0. The van der Waals surface area contributed by atoms with Gasteiger partial charge in [-0.25, -0.2) is 4.98 Å². The topological polar surface area (TPSA) is 45.2 Å². The summed E-state index contributed by atoms with van der Waals surface area (Å²) in [5.74, 6) is 1.43. The van der Waals surface area contributed by atoms with E-state index in [2.05, 4.69) is 31.1 Å². The highest BCUT2D eigenvalue weighted by Gasteiger charge is 2.28. The van der Waals surface area contributed by atoms with Crippen molar-refractivity contribution in [1.82, 2.24) is 9.88 Å². The summed E-state index contributed by atoms with van der Waals surface area (Å²) in [7, 11) is 0. The molecule has 0 saturated carbocycles. The second-order valence-corrected chi connectivity index (χ2v) is 5.82. The van der Waals surface area contributed by atoms with E-state index in [1.165, 1.54) is 6.42 Å². The predicted octanol–water partition coefficient (Wildman–Crippen LogP) is 3.16. The fourth-order valence-electron chi connectivity index (χ4n) is 2.62. The molecule has 0 aliphatic carbocycles. The first-order chi connectivity index (χ1) is 9.61. The molecule has 1 fully saturated rings. The van der Waals surface area contributed by atoms with Gasteiger partial charge in [-0.3, -0.25) is 4.79 Å². The summed E-state index contributed by atoms with van der Waals surface area (Å²) in [5.41, 5.74) is 0.548. The zero-order valence-corrected chi connectivity index (χ0v) is 12.7. The molecule has 4 heteroatoms. The Bertz CT molecular complexity index is 461. The number of nitrogens with zero attached hydrogens (tertiary/aromatic N) is 2. The molecule has 2 rings (SSSR count). The largest absolute Gasteiger partial charge is 0.370 e. The number of pyridine rings is 1. The quantitative estimate of drug-likeness (QED) is 0.918. The lowest BCUT2D eigenvalue weighted by Gasteiger charge is -2.36. The highest BCUT2D eigenvalue weighted by Crippen LogP contribution is 2.23. The molecule has 1 aromatic heterocycles. The van der Waals surface area contributed by atoms with Crippen LogP contribution in [0.3, 0.4) is 0 Å². The van der Waals surface area contributed by atoms with Gasteiger partial charge in [0.05, 0.1) is 0 Å². The molecule has 1 aromatic rings. The molecule has 0 bridgehead atoms. The monoisotopic (exact) mass is 275 g/mol. The van der Waals surface area contributed by atoms with E-state index in [1.807, 2.05) is 23.1 Å². The third kappa shape index (κ3) is 3.50. The fraction of sp³-hybridized carbons (Fsp3) is 0.625. The van der Waals surface area contributed by atoms with E-state index in [0.717, 1.165) is 31.7 Å². The van der Waals surface area contributed by atoms with Crippen molar-refractivity contribution in [2.24, 2.45) is 5.92 Å². The van der Waals surface area contributed by atoms with Crippen LogP contribution >= 0.6 is 0 Å². The summed E-state index contributed by atoms with van der Waals surface area (Å²) in [5, 5.41) is 3.23. The van der Waals surface area contributed by atoms with Crippen molar-refractivity contribution in [3.05, 3.63) is 23.9 Å². The molecule has 1 saturated heterocycles. The molecule has 1 N–H and O–H groups in total. The van der Waals surface area contributed by atoms with Gasteiger partial charge in [0, 0.05) is 19.1 Å². The summed E-state index contributed by atoms with van der Waals surface area (Å²) in [6.45, 7) is 8.16. The van der Waals surface area contributed by atoms with Gasteiger partial charge < -0.3 is 10.2 Å². The number of nitrogens with one attached hydrogen (secondary N) is 1. The first-order valence-electron chi connectivity index (χ1n) is 7.63. The average Bonchev–Trinajstić information content (AvgIpc) is 2.47. The maximum absolute atomic E-state index is 12.6. The Labute approximate surface area is 121 Å². The molecule has 2 atom stereocenters.